The first-order valence-corrected chi connectivity index (χ1v) is 4.24. The minimum atomic E-state index is -0.527. The highest BCUT2D eigenvalue weighted by Crippen LogP contribution is 1.97. The van der Waals surface area contributed by atoms with Crippen LogP contribution in [0.2, 0.25) is 0 Å². The summed E-state index contributed by atoms with van der Waals surface area (Å²) in [4.78, 5) is 15.1. The van der Waals surface area contributed by atoms with Gasteiger partial charge >= 0.3 is 5.69 Å². The van der Waals surface area contributed by atoms with E-state index >= 15 is 0 Å². The zero-order valence-corrected chi connectivity index (χ0v) is 8.11. The Labute approximate surface area is 76.9 Å². The molecular weight excluding hydrogens is 168 g/mol. The highest BCUT2D eigenvalue weighted by atomic mass is 16.3. The van der Waals surface area contributed by atoms with Crippen LogP contribution in [0, 0.1) is 13.8 Å². The standard InChI is InChI=1S/C9H14N2O2/c1-6-4-7(2)11(5-8(3)12)9(13)10-6/h4,8,12H,5H2,1-3H3/t8-/m1/s1. The van der Waals surface area contributed by atoms with Gasteiger partial charge in [-0.05, 0) is 26.8 Å². The minimum absolute atomic E-state index is 0.293. The number of aromatic nitrogens is 2. The Hall–Kier alpha value is -1.16. The molecule has 0 aliphatic carbocycles. The van der Waals surface area contributed by atoms with Crippen LogP contribution in [-0.2, 0) is 6.54 Å². The summed E-state index contributed by atoms with van der Waals surface area (Å²) in [6.45, 7) is 5.56. The van der Waals surface area contributed by atoms with E-state index in [1.54, 1.807) is 13.8 Å². The van der Waals surface area contributed by atoms with Gasteiger partial charge in [-0.3, -0.25) is 4.57 Å². The lowest BCUT2D eigenvalue weighted by Crippen LogP contribution is -2.29. The van der Waals surface area contributed by atoms with Crippen molar-refractivity contribution in [1.82, 2.24) is 9.55 Å². The fourth-order valence-corrected chi connectivity index (χ4v) is 1.26. The molecule has 0 saturated carbocycles. The van der Waals surface area contributed by atoms with Gasteiger partial charge in [0, 0.05) is 11.4 Å². The quantitative estimate of drug-likeness (QED) is 0.712. The van der Waals surface area contributed by atoms with Crippen LogP contribution in [0.1, 0.15) is 18.3 Å². The first-order chi connectivity index (χ1) is 6.00. The molecule has 13 heavy (non-hydrogen) atoms. The topological polar surface area (TPSA) is 55.1 Å². The third kappa shape index (κ3) is 2.39. The predicted octanol–water partition coefficient (Wildman–Crippen LogP) is 0.241. The summed E-state index contributed by atoms with van der Waals surface area (Å²) in [6, 6.07) is 1.82. The molecule has 1 aromatic rings. The summed E-state index contributed by atoms with van der Waals surface area (Å²) in [6.07, 6.45) is -0.527. The molecule has 1 N–H and O–H groups in total. The van der Waals surface area contributed by atoms with Crippen LogP contribution in [0.5, 0.6) is 0 Å². The molecule has 4 nitrogen and oxygen atoms in total. The van der Waals surface area contributed by atoms with Crippen molar-refractivity contribution in [3.63, 3.8) is 0 Å². The molecule has 1 heterocycles. The Morgan fingerprint density at radius 3 is 2.69 bits per heavy atom. The van der Waals surface area contributed by atoms with Gasteiger partial charge in [-0.1, -0.05) is 0 Å². The molecular formula is C9H14N2O2. The minimum Gasteiger partial charge on any atom is -0.392 e. The number of aliphatic hydroxyl groups excluding tert-OH is 1. The third-order valence-electron chi connectivity index (χ3n) is 1.79. The SMILES string of the molecule is Cc1cc(C)n(C[C@@H](C)O)c(=O)n1. The third-order valence-corrected chi connectivity index (χ3v) is 1.79. The van der Waals surface area contributed by atoms with Gasteiger partial charge in [-0.25, -0.2) is 4.79 Å². The Morgan fingerprint density at radius 2 is 2.23 bits per heavy atom. The maximum Gasteiger partial charge on any atom is 0.348 e. The van der Waals surface area contributed by atoms with E-state index in [1.807, 2.05) is 13.0 Å². The van der Waals surface area contributed by atoms with E-state index in [-0.39, 0.29) is 5.69 Å². The number of aryl methyl sites for hydroxylation is 2. The summed E-state index contributed by atoms with van der Waals surface area (Å²) in [5, 5.41) is 9.14. The molecule has 0 fully saturated rings. The number of hydrogen-bond donors (Lipinski definition) is 1. The summed E-state index contributed by atoms with van der Waals surface area (Å²) < 4.78 is 1.47. The van der Waals surface area contributed by atoms with Crippen LogP contribution in [0.15, 0.2) is 10.9 Å². The van der Waals surface area contributed by atoms with Crippen molar-refractivity contribution >= 4 is 0 Å². The normalized spacial score (nSPS) is 12.9. The van der Waals surface area contributed by atoms with Gasteiger partial charge in [0.05, 0.1) is 12.6 Å². The van der Waals surface area contributed by atoms with Crippen LogP contribution >= 0.6 is 0 Å². The van der Waals surface area contributed by atoms with E-state index in [2.05, 4.69) is 4.98 Å². The van der Waals surface area contributed by atoms with E-state index < -0.39 is 6.10 Å². The maximum atomic E-state index is 11.3. The Kier molecular flexibility index (Phi) is 2.83. The van der Waals surface area contributed by atoms with Gasteiger partial charge in [-0.2, -0.15) is 4.98 Å². The first-order valence-electron chi connectivity index (χ1n) is 4.24. The van der Waals surface area contributed by atoms with Gasteiger partial charge in [0.25, 0.3) is 0 Å². The molecule has 1 rings (SSSR count). The number of hydrogen-bond acceptors (Lipinski definition) is 3. The molecule has 0 aliphatic rings. The number of rotatable bonds is 2. The highest BCUT2D eigenvalue weighted by Gasteiger charge is 2.04. The van der Waals surface area contributed by atoms with Crippen LogP contribution < -0.4 is 5.69 Å². The summed E-state index contributed by atoms with van der Waals surface area (Å²) >= 11 is 0. The van der Waals surface area contributed by atoms with Crippen LogP contribution in [-0.4, -0.2) is 20.8 Å². The monoisotopic (exact) mass is 182 g/mol. The van der Waals surface area contributed by atoms with Gasteiger partial charge in [0.1, 0.15) is 0 Å². The molecule has 72 valence electrons. The van der Waals surface area contributed by atoms with Gasteiger partial charge < -0.3 is 5.11 Å². The molecule has 0 unspecified atom stereocenters. The smallest absolute Gasteiger partial charge is 0.348 e. The average molecular weight is 182 g/mol. The van der Waals surface area contributed by atoms with Crippen LogP contribution in [0.25, 0.3) is 0 Å². The second-order valence-corrected chi connectivity index (χ2v) is 3.28. The molecule has 0 saturated heterocycles. The molecule has 0 spiro atoms. The summed E-state index contributed by atoms with van der Waals surface area (Å²) in [5.74, 6) is 0. The lowest BCUT2D eigenvalue weighted by molar-refractivity contribution is 0.170. The molecule has 0 amide bonds. The van der Waals surface area contributed by atoms with Gasteiger partial charge in [0.15, 0.2) is 0 Å². The van der Waals surface area contributed by atoms with Crippen molar-refractivity contribution in [1.29, 1.82) is 0 Å². The highest BCUT2D eigenvalue weighted by molar-refractivity contribution is 5.06. The van der Waals surface area contributed by atoms with E-state index in [9.17, 15) is 4.79 Å². The lowest BCUT2D eigenvalue weighted by atomic mass is 10.3. The van der Waals surface area contributed by atoms with Crippen molar-refractivity contribution in [2.24, 2.45) is 0 Å². The van der Waals surface area contributed by atoms with Crippen molar-refractivity contribution in [3.8, 4) is 0 Å². The van der Waals surface area contributed by atoms with Gasteiger partial charge in [0.2, 0.25) is 0 Å². The van der Waals surface area contributed by atoms with Crippen molar-refractivity contribution in [3.05, 3.63) is 27.9 Å². The molecule has 0 radical (unpaired) electrons. The van der Waals surface area contributed by atoms with Crippen LogP contribution in [0.3, 0.4) is 0 Å². The molecule has 0 aliphatic heterocycles. The first kappa shape index (κ1) is 9.92. The van der Waals surface area contributed by atoms with E-state index in [4.69, 9.17) is 5.11 Å². The average Bonchev–Trinajstić information content (AvgIpc) is 1.96. The fourth-order valence-electron chi connectivity index (χ4n) is 1.26. The second-order valence-electron chi connectivity index (χ2n) is 3.28. The van der Waals surface area contributed by atoms with Crippen LogP contribution in [0.4, 0.5) is 0 Å². The molecule has 0 aromatic carbocycles. The Bertz CT molecular complexity index is 355. The van der Waals surface area contributed by atoms with E-state index in [1.165, 1.54) is 4.57 Å². The second kappa shape index (κ2) is 3.70. The lowest BCUT2D eigenvalue weighted by Gasteiger charge is -2.10. The Balaban J connectivity index is 3.14. The number of nitrogens with zero attached hydrogens (tertiary/aromatic N) is 2. The fraction of sp³-hybridized carbons (Fsp3) is 0.556. The van der Waals surface area contributed by atoms with Crippen molar-refractivity contribution in [2.45, 2.75) is 33.4 Å². The van der Waals surface area contributed by atoms with E-state index in [0.717, 1.165) is 5.69 Å². The molecule has 4 heteroatoms. The largest absolute Gasteiger partial charge is 0.392 e. The molecule has 1 atom stereocenters. The number of aliphatic hydroxyl groups is 1. The van der Waals surface area contributed by atoms with Gasteiger partial charge in [-0.15, -0.1) is 0 Å². The summed E-state index contributed by atoms with van der Waals surface area (Å²) in [7, 11) is 0. The van der Waals surface area contributed by atoms with E-state index in [0.29, 0.717) is 12.2 Å². The Morgan fingerprint density at radius 1 is 1.62 bits per heavy atom. The van der Waals surface area contributed by atoms with Crippen molar-refractivity contribution in [2.75, 3.05) is 0 Å². The predicted molar refractivity (Wildman–Crippen MR) is 49.7 cm³/mol. The maximum absolute atomic E-state index is 11.3. The molecule has 1 aromatic heterocycles. The zero-order valence-electron chi connectivity index (χ0n) is 8.11. The summed E-state index contributed by atoms with van der Waals surface area (Å²) in [5.41, 5.74) is 1.25. The zero-order chi connectivity index (χ0) is 10.0. The van der Waals surface area contributed by atoms with Crippen molar-refractivity contribution < 1.29 is 5.11 Å². The molecule has 0 bridgehead atoms.